The van der Waals surface area contributed by atoms with E-state index < -0.39 is 0 Å². The summed E-state index contributed by atoms with van der Waals surface area (Å²) in [4.78, 5) is 6.82. The quantitative estimate of drug-likeness (QED) is 0.921. The van der Waals surface area contributed by atoms with Crippen LogP contribution in [0.1, 0.15) is 39.2 Å². The number of nitrogens with one attached hydrogen (secondary N) is 1. The normalized spacial score (nSPS) is 20.9. The molecule has 0 amide bonds. The minimum absolute atomic E-state index is 0.200. The van der Waals surface area contributed by atoms with Crippen LogP contribution in [0.25, 0.3) is 0 Å². The number of hydrogen-bond acceptors (Lipinski definition) is 3. The van der Waals surface area contributed by atoms with Crippen molar-refractivity contribution in [1.82, 2.24) is 15.2 Å². The maximum Gasteiger partial charge on any atom is 0.0410 e. The monoisotopic (exact) mass is 325 g/mol. The summed E-state index contributed by atoms with van der Waals surface area (Å²) in [6, 6.07) is 2.82. The zero-order chi connectivity index (χ0) is 13.9. The van der Waals surface area contributed by atoms with E-state index in [0.717, 1.165) is 17.6 Å². The van der Waals surface area contributed by atoms with Gasteiger partial charge in [0.1, 0.15) is 0 Å². The number of hydrogen-bond donors (Lipinski definition) is 1. The SMILES string of the molecule is CC(C)(C)NCC1CCCN1Cc1cncc(Br)c1. The fourth-order valence-corrected chi connectivity index (χ4v) is 2.95. The number of aromatic nitrogens is 1. The first kappa shape index (κ1) is 14.9. The fraction of sp³-hybridized carbons (Fsp3) is 0.667. The van der Waals surface area contributed by atoms with Gasteiger partial charge in [0.15, 0.2) is 0 Å². The van der Waals surface area contributed by atoms with Gasteiger partial charge in [0, 0.05) is 41.5 Å². The zero-order valence-corrected chi connectivity index (χ0v) is 13.7. The van der Waals surface area contributed by atoms with Gasteiger partial charge in [0.05, 0.1) is 0 Å². The van der Waals surface area contributed by atoms with E-state index in [9.17, 15) is 0 Å². The predicted molar refractivity (Wildman–Crippen MR) is 83.1 cm³/mol. The first-order chi connectivity index (χ1) is 8.94. The second-order valence-corrected chi connectivity index (χ2v) is 7.32. The molecule has 0 spiro atoms. The summed E-state index contributed by atoms with van der Waals surface area (Å²) in [7, 11) is 0. The lowest BCUT2D eigenvalue weighted by atomic mass is 10.1. The van der Waals surface area contributed by atoms with Crippen LogP contribution >= 0.6 is 15.9 Å². The number of halogens is 1. The Kier molecular flexibility index (Phi) is 4.98. The Hall–Kier alpha value is -0.450. The molecule has 1 atom stereocenters. The van der Waals surface area contributed by atoms with Gasteiger partial charge in [-0.3, -0.25) is 9.88 Å². The first-order valence-electron chi connectivity index (χ1n) is 7.02. The van der Waals surface area contributed by atoms with Gasteiger partial charge in [-0.15, -0.1) is 0 Å². The molecule has 1 aliphatic heterocycles. The highest BCUT2D eigenvalue weighted by atomic mass is 79.9. The second-order valence-electron chi connectivity index (χ2n) is 6.41. The Labute approximate surface area is 124 Å². The molecule has 4 heteroatoms. The molecule has 1 aromatic heterocycles. The molecular formula is C15H24BrN3. The number of pyridine rings is 1. The van der Waals surface area contributed by atoms with Crippen molar-refractivity contribution < 1.29 is 0 Å². The lowest BCUT2D eigenvalue weighted by Gasteiger charge is -2.29. The summed E-state index contributed by atoms with van der Waals surface area (Å²) in [6.45, 7) is 9.95. The van der Waals surface area contributed by atoms with Crippen LogP contribution in [0.4, 0.5) is 0 Å². The Morgan fingerprint density at radius 2 is 2.21 bits per heavy atom. The average Bonchev–Trinajstić information content (AvgIpc) is 2.73. The van der Waals surface area contributed by atoms with Crippen LogP contribution in [-0.4, -0.2) is 34.6 Å². The van der Waals surface area contributed by atoms with Crippen LogP contribution in [0.3, 0.4) is 0 Å². The second kappa shape index (κ2) is 6.33. The van der Waals surface area contributed by atoms with E-state index in [1.165, 1.54) is 24.9 Å². The van der Waals surface area contributed by atoms with Crippen molar-refractivity contribution >= 4 is 15.9 Å². The summed E-state index contributed by atoms with van der Waals surface area (Å²) in [5.74, 6) is 0. The van der Waals surface area contributed by atoms with E-state index in [1.807, 2.05) is 12.4 Å². The molecule has 1 aromatic rings. The van der Waals surface area contributed by atoms with Gasteiger partial charge in [-0.1, -0.05) is 0 Å². The van der Waals surface area contributed by atoms with E-state index in [4.69, 9.17) is 0 Å². The molecule has 2 rings (SSSR count). The third-order valence-electron chi connectivity index (χ3n) is 3.51. The maximum atomic E-state index is 4.25. The molecule has 106 valence electrons. The molecule has 19 heavy (non-hydrogen) atoms. The molecular weight excluding hydrogens is 302 g/mol. The lowest BCUT2D eigenvalue weighted by Crippen LogP contribution is -2.44. The highest BCUT2D eigenvalue weighted by Crippen LogP contribution is 2.21. The molecule has 1 N–H and O–H groups in total. The third kappa shape index (κ3) is 4.86. The van der Waals surface area contributed by atoms with E-state index >= 15 is 0 Å². The summed E-state index contributed by atoms with van der Waals surface area (Å²) in [6.07, 6.45) is 6.41. The molecule has 3 nitrogen and oxygen atoms in total. The largest absolute Gasteiger partial charge is 0.311 e. The fourth-order valence-electron chi connectivity index (χ4n) is 2.54. The van der Waals surface area contributed by atoms with Crippen molar-refractivity contribution in [3.8, 4) is 0 Å². The van der Waals surface area contributed by atoms with Crippen LogP contribution in [0.15, 0.2) is 22.9 Å². The molecule has 0 saturated carbocycles. The number of nitrogens with zero attached hydrogens (tertiary/aromatic N) is 2. The summed E-state index contributed by atoms with van der Waals surface area (Å²) in [5.41, 5.74) is 1.49. The number of likely N-dealkylation sites (tertiary alicyclic amines) is 1. The van der Waals surface area contributed by atoms with Crippen LogP contribution in [-0.2, 0) is 6.54 Å². The van der Waals surface area contributed by atoms with Gasteiger partial charge in [0.2, 0.25) is 0 Å². The Balaban J connectivity index is 1.92. The molecule has 1 fully saturated rings. The van der Waals surface area contributed by atoms with Crippen LogP contribution in [0.5, 0.6) is 0 Å². The van der Waals surface area contributed by atoms with E-state index in [2.05, 4.69) is 58.0 Å². The van der Waals surface area contributed by atoms with Crippen molar-refractivity contribution in [1.29, 1.82) is 0 Å². The van der Waals surface area contributed by atoms with Crippen molar-refractivity contribution in [3.05, 3.63) is 28.5 Å². The highest BCUT2D eigenvalue weighted by Gasteiger charge is 2.25. The molecule has 0 bridgehead atoms. The maximum absolute atomic E-state index is 4.25. The standard InChI is InChI=1S/C15H24BrN3/c1-15(2,3)18-10-14-5-4-6-19(14)11-12-7-13(16)9-17-8-12/h7-9,14,18H,4-6,10-11H2,1-3H3. The molecule has 1 aliphatic rings. The summed E-state index contributed by atoms with van der Waals surface area (Å²) in [5, 5.41) is 3.62. The zero-order valence-electron chi connectivity index (χ0n) is 12.1. The van der Waals surface area contributed by atoms with Crippen molar-refractivity contribution in [3.63, 3.8) is 0 Å². The smallest absolute Gasteiger partial charge is 0.0410 e. The number of rotatable bonds is 4. The van der Waals surface area contributed by atoms with Crippen LogP contribution in [0, 0.1) is 0 Å². The summed E-state index contributed by atoms with van der Waals surface area (Å²) < 4.78 is 1.06. The van der Waals surface area contributed by atoms with Gasteiger partial charge >= 0.3 is 0 Å². The Morgan fingerprint density at radius 1 is 1.42 bits per heavy atom. The minimum atomic E-state index is 0.200. The van der Waals surface area contributed by atoms with Crippen LogP contribution < -0.4 is 5.32 Å². The minimum Gasteiger partial charge on any atom is -0.311 e. The summed E-state index contributed by atoms with van der Waals surface area (Å²) >= 11 is 3.49. The topological polar surface area (TPSA) is 28.2 Å². The Morgan fingerprint density at radius 3 is 2.89 bits per heavy atom. The molecule has 0 aromatic carbocycles. The molecule has 0 radical (unpaired) electrons. The van der Waals surface area contributed by atoms with Crippen molar-refractivity contribution in [2.75, 3.05) is 13.1 Å². The van der Waals surface area contributed by atoms with Gasteiger partial charge in [-0.25, -0.2) is 0 Å². The van der Waals surface area contributed by atoms with Gasteiger partial charge < -0.3 is 5.32 Å². The van der Waals surface area contributed by atoms with Crippen molar-refractivity contribution in [2.24, 2.45) is 0 Å². The third-order valence-corrected chi connectivity index (χ3v) is 3.95. The van der Waals surface area contributed by atoms with E-state index in [1.54, 1.807) is 0 Å². The molecule has 0 aliphatic carbocycles. The van der Waals surface area contributed by atoms with Crippen LogP contribution in [0.2, 0.25) is 0 Å². The Bertz CT molecular complexity index is 414. The molecule has 1 saturated heterocycles. The average molecular weight is 326 g/mol. The van der Waals surface area contributed by atoms with Gasteiger partial charge in [-0.2, -0.15) is 0 Å². The predicted octanol–water partition coefficient (Wildman–Crippen LogP) is 3.20. The van der Waals surface area contributed by atoms with E-state index in [-0.39, 0.29) is 5.54 Å². The van der Waals surface area contributed by atoms with Crippen molar-refractivity contribution in [2.45, 2.75) is 51.7 Å². The van der Waals surface area contributed by atoms with Gasteiger partial charge in [0.25, 0.3) is 0 Å². The molecule has 2 heterocycles. The highest BCUT2D eigenvalue weighted by molar-refractivity contribution is 9.10. The lowest BCUT2D eigenvalue weighted by molar-refractivity contribution is 0.225. The first-order valence-corrected chi connectivity index (χ1v) is 7.82. The molecule has 1 unspecified atom stereocenters. The van der Waals surface area contributed by atoms with E-state index in [0.29, 0.717) is 6.04 Å². The van der Waals surface area contributed by atoms with Gasteiger partial charge in [-0.05, 0) is 67.7 Å².